The van der Waals surface area contributed by atoms with E-state index in [-0.39, 0.29) is 6.61 Å². The van der Waals surface area contributed by atoms with Crippen LogP contribution in [0.2, 0.25) is 0 Å². The smallest absolute Gasteiger partial charge is 0.222 e. The van der Waals surface area contributed by atoms with E-state index in [9.17, 15) is 0 Å². The van der Waals surface area contributed by atoms with Gasteiger partial charge in [-0.3, -0.25) is 0 Å². The fourth-order valence-corrected chi connectivity index (χ4v) is 2.63. The van der Waals surface area contributed by atoms with Crippen LogP contribution in [0.1, 0.15) is 5.76 Å². The van der Waals surface area contributed by atoms with Crippen LogP contribution in [0.3, 0.4) is 0 Å². The molecule has 0 bridgehead atoms. The highest BCUT2D eigenvalue weighted by molar-refractivity contribution is 5.68. The minimum atomic E-state index is -0.113. The number of pyridine rings is 2. The number of rotatable bonds is 4. The van der Waals surface area contributed by atoms with Crippen molar-refractivity contribution < 1.29 is 14.3 Å². The molecule has 120 valence electrons. The number of aromatic nitrogens is 3. The normalized spacial score (nSPS) is 11.1. The van der Waals surface area contributed by atoms with Gasteiger partial charge in [0.15, 0.2) is 0 Å². The summed E-state index contributed by atoms with van der Waals surface area (Å²) in [5, 5.41) is 9.12. The molecule has 0 radical (unpaired) electrons. The van der Waals surface area contributed by atoms with E-state index in [0.717, 1.165) is 22.5 Å². The molecule has 4 aromatic heterocycles. The lowest BCUT2D eigenvalue weighted by molar-refractivity contribution is 0.248. The Kier molecular flexibility index (Phi) is 3.51. The molecule has 0 aliphatic rings. The number of imidazole rings is 1. The highest BCUT2D eigenvalue weighted by Gasteiger charge is 2.12. The van der Waals surface area contributed by atoms with E-state index in [2.05, 4.69) is 9.97 Å². The van der Waals surface area contributed by atoms with Crippen LogP contribution in [0.15, 0.2) is 59.4 Å². The van der Waals surface area contributed by atoms with Crippen LogP contribution in [0.5, 0.6) is 5.88 Å². The predicted molar refractivity (Wildman–Crippen MR) is 88.6 cm³/mol. The van der Waals surface area contributed by atoms with Crippen LogP contribution in [0, 0.1) is 0 Å². The maximum absolute atomic E-state index is 9.12. The van der Waals surface area contributed by atoms with E-state index < -0.39 is 0 Å². The Morgan fingerprint density at radius 1 is 1.17 bits per heavy atom. The van der Waals surface area contributed by atoms with Crippen molar-refractivity contribution in [1.29, 1.82) is 0 Å². The van der Waals surface area contributed by atoms with Gasteiger partial charge < -0.3 is 18.7 Å². The zero-order valence-electron chi connectivity index (χ0n) is 13.0. The zero-order chi connectivity index (χ0) is 16.5. The predicted octanol–water partition coefficient (Wildman–Crippen LogP) is 3.16. The van der Waals surface area contributed by atoms with E-state index in [1.807, 2.05) is 47.1 Å². The summed E-state index contributed by atoms with van der Waals surface area (Å²) in [6.45, 7) is -0.113. The molecule has 6 nitrogen and oxygen atoms in total. The molecule has 0 saturated carbocycles. The molecule has 0 aliphatic heterocycles. The molecule has 0 atom stereocenters. The van der Waals surface area contributed by atoms with Crippen molar-refractivity contribution >= 4 is 5.65 Å². The zero-order valence-corrected chi connectivity index (χ0v) is 13.0. The molecule has 0 unspecified atom stereocenters. The standard InChI is InChI=1S/C18H15N3O3/c1-23-18-14(3-2-8-19-18)15-10-21-9-12(4-7-17(21)20-15)16-6-5-13(11-22)24-16/h2-10,22H,11H2,1H3. The highest BCUT2D eigenvalue weighted by Crippen LogP contribution is 2.28. The topological polar surface area (TPSA) is 72.8 Å². The van der Waals surface area contributed by atoms with Gasteiger partial charge in [-0.1, -0.05) is 0 Å². The fraction of sp³-hybridized carbons (Fsp3) is 0.111. The van der Waals surface area contributed by atoms with E-state index in [1.165, 1.54) is 0 Å². The molecule has 4 aromatic rings. The van der Waals surface area contributed by atoms with Gasteiger partial charge in [-0.2, -0.15) is 0 Å². The lowest BCUT2D eigenvalue weighted by atomic mass is 10.2. The fourth-order valence-electron chi connectivity index (χ4n) is 2.63. The van der Waals surface area contributed by atoms with Crippen LogP contribution in [0.25, 0.3) is 28.2 Å². The maximum atomic E-state index is 9.12. The lowest BCUT2D eigenvalue weighted by Gasteiger charge is -2.02. The van der Waals surface area contributed by atoms with Crippen LogP contribution < -0.4 is 4.74 Å². The summed E-state index contributed by atoms with van der Waals surface area (Å²) < 4.78 is 12.8. The van der Waals surface area contributed by atoms with E-state index in [1.54, 1.807) is 19.4 Å². The molecular weight excluding hydrogens is 306 g/mol. The Hall–Kier alpha value is -3.12. The first-order valence-corrected chi connectivity index (χ1v) is 7.46. The summed E-state index contributed by atoms with van der Waals surface area (Å²) in [6, 6.07) is 11.2. The number of nitrogens with zero attached hydrogens (tertiary/aromatic N) is 3. The third-order valence-corrected chi connectivity index (χ3v) is 3.79. The first-order chi connectivity index (χ1) is 11.8. The number of methoxy groups -OCH3 is 1. The number of ether oxygens (including phenoxy) is 1. The van der Waals surface area contributed by atoms with Crippen molar-refractivity contribution in [2.45, 2.75) is 6.61 Å². The summed E-state index contributed by atoms with van der Waals surface area (Å²) in [6.07, 6.45) is 5.55. The third kappa shape index (κ3) is 2.43. The molecule has 0 spiro atoms. The van der Waals surface area contributed by atoms with Gasteiger partial charge in [-0.25, -0.2) is 9.97 Å². The Morgan fingerprint density at radius 2 is 2.08 bits per heavy atom. The van der Waals surface area contributed by atoms with Crippen LogP contribution in [-0.4, -0.2) is 26.6 Å². The number of fused-ring (bicyclic) bond motifs is 1. The van der Waals surface area contributed by atoms with Gasteiger partial charge in [0.1, 0.15) is 23.8 Å². The minimum Gasteiger partial charge on any atom is -0.481 e. The van der Waals surface area contributed by atoms with Crippen LogP contribution >= 0.6 is 0 Å². The Bertz CT molecular complexity index is 1000. The van der Waals surface area contributed by atoms with Gasteiger partial charge in [0, 0.05) is 24.2 Å². The van der Waals surface area contributed by atoms with Gasteiger partial charge >= 0.3 is 0 Å². The van der Waals surface area contributed by atoms with Crippen molar-refractivity contribution in [1.82, 2.24) is 14.4 Å². The largest absolute Gasteiger partial charge is 0.481 e. The Morgan fingerprint density at radius 3 is 2.88 bits per heavy atom. The van der Waals surface area contributed by atoms with Crippen LogP contribution in [0.4, 0.5) is 0 Å². The molecule has 0 aliphatic carbocycles. The monoisotopic (exact) mass is 321 g/mol. The lowest BCUT2D eigenvalue weighted by Crippen LogP contribution is -1.90. The summed E-state index contributed by atoms with van der Waals surface area (Å²) in [4.78, 5) is 8.83. The van der Waals surface area contributed by atoms with Gasteiger partial charge in [0.25, 0.3) is 0 Å². The molecule has 6 heteroatoms. The summed E-state index contributed by atoms with van der Waals surface area (Å²) in [5.41, 5.74) is 3.34. The second kappa shape index (κ2) is 5.82. The van der Waals surface area contributed by atoms with Crippen molar-refractivity contribution in [3.63, 3.8) is 0 Å². The number of aliphatic hydroxyl groups excluding tert-OH is 1. The van der Waals surface area contributed by atoms with Crippen LogP contribution in [-0.2, 0) is 6.61 Å². The second-order valence-electron chi connectivity index (χ2n) is 5.29. The van der Waals surface area contributed by atoms with Gasteiger partial charge in [-0.15, -0.1) is 0 Å². The molecule has 0 fully saturated rings. The van der Waals surface area contributed by atoms with Crippen molar-refractivity contribution in [3.8, 4) is 28.5 Å². The summed E-state index contributed by atoms with van der Waals surface area (Å²) >= 11 is 0. The van der Waals surface area contributed by atoms with Crippen molar-refractivity contribution in [2.75, 3.05) is 7.11 Å². The third-order valence-electron chi connectivity index (χ3n) is 3.79. The van der Waals surface area contributed by atoms with Crippen molar-refractivity contribution in [2.24, 2.45) is 0 Å². The first-order valence-electron chi connectivity index (χ1n) is 7.46. The molecule has 4 rings (SSSR count). The second-order valence-corrected chi connectivity index (χ2v) is 5.29. The molecule has 0 amide bonds. The van der Waals surface area contributed by atoms with Gasteiger partial charge in [0.2, 0.25) is 5.88 Å². The van der Waals surface area contributed by atoms with Gasteiger partial charge in [0.05, 0.1) is 18.4 Å². The summed E-state index contributed by atoms with van der Waals surface area (Å²) in [7, 11) is 1.59. The maximum Gasteiger partial charge on any atom is 0.222 e. The SMILES string of the molecule is COc1ncccc1-c1cn2cc(-c3ccc(CO)o3)ccc2n1. The highest BCUT2D eigenvalue weighted by atomic mass is 16.5. The average Bonchev–Trinajstić information content (AvgIpc) is 3.27. The molecule has 4 heterocycles. The molecule has 0 aromatic carbocycles. The molecule has 0 saturated heterocycles. The molecule has 1 N–H and O–H groups in total. The molecular formula is C18H15N3O3. The molecule has 24 heavy (non-hydrogen) atoms. The minimum absolute atomic E-state index is 0.113. The Balaban J connectivity index is 1.78. The number of hydrogen-bond acceptors (Lipinski definition) is 5. The number of aliphatic hydroxyl groups is 1. The Labute approximate surface area is 138 Å². The quantitative estimate of drug-likeness (QED) is 0.625. The van der Waals surface area contributed by atoms with Gasteiger partial charge in [-0.05, 0) is 36.4 Å². The van der Waals surface area contributed by atoms with E-state index >= 15 is 0 Å². The van der Waals surface area contributed by atoms with Crippen molar-refractivity contribution in [3.05, 3.63) is 60.7 Å². The first kappa shape index (κ1) is 14.5. The van der Waals surface area contributed by atoms with E-state index in [0.29, 0.717) is 17.4 Å². The number of furan rings is 1. The average molecular weight is 321 g/mol. The van der Waals surface area contributed by atoms with E-state index in [4.69, 9.17) is 14.3 Å². The summed E-state index contributed by atoms with van der Waals surface area (Å²) in [5.74, 6) is 1.78. The number of hydrogen-bond donors (Lipinski definition) is 1.